The maximum Gasteiger partial charge on any atom is 0.222 e. The molecule has 2 N–H and O–H groups in total. The second-order valence-electron chi connectivity index (χ2n) is 4.99. The van der Waals surface area contributed by atoms with Crippen LogP contribution >= 0.6 is 15.9 Å². The normalized spacial score (nSPS) is 10.6. The fourth-order valence-corrected chi connectivity index (χ4v) is 2.89. The summed E-state index contributed by atoms with van der Waals surface area (Å²) in [7, 11) is 0. The van der Waals surface area contributed by atoms with Crippen LogP contribution in [0.4, 0.5) is 5.88 Å². The number of halogens is 1. The van der Waals surface area contributed by atoms with Gasteiger partial charge < -0.3 is 15.0 Å². The molecule has 1 aromatic heterocycles. The summed E-state index contributed by atoms with van der Waals surface area (Å²) in [4.78, 5) is 0. The number of aromatic nitrogens is 1. The number of nitrogens with zero attached hydrogens (tertiary/aromatic N) is 1. The zero-order valence-electron chi connectivity index (χ0n) is 12.0. The first-order chi connectivity index (χ1) is 10.6. The molecule has 1 heterocycles. The van der Waals surface area contributed by atoms with Gasteiger partial charge in [0.05, 0.1) is 4.47 Å². The highest BCUT2D eigenvalue weighted by atomic mass is 79.9. The van der Waals surface area contributed by atoms with Crippen molar-refractivity contribution in [2.75, 3.05) is 5.73 Å². The van der Waals surface area contributed by atoms with Crippen LogP contribution in [-0.4, -0.2) is 5.16 Å². The molecule has 0 spiro atoms. The van der Waals surface area contributed by atoms with Crippen molar-refractivity contribution in [2.45, 2.75) is 13.5 Å². The first-order valence-corrected chi connectivity index (χ1v) is 7.62. The molecule has 4 nitrogen and oxygen atoms in total. The van der Waals surface area contributed by atoms with Gasteiger partial charge in [-0.2, -0.15) is 0 Å². The molecular weight excluding hydrogens is 344 g/mol. The molecule has 22 heavy (non-hydrogen) atoms. The minimum atomic E-state index is 0.299. The monoisotopic (exact) mass is 358 g/mol. The number of hydrogen-bond acceptors (Lipinski definition) is 4. The van der Waals surface area contributed by atoms with Crippen molar-refractivity contribution < 1.29 is 9.26 Å². The van der Waals surface area contributed by atoms with Crippen LogP contribution in [0.2, 0.25) is 0 Å². The number of hydrogen-bond donors (Lipinski definition) is 1. The van der Waals surface area contributed by atoms with Crippen molar-refractivity contribution in [3.63, 3.8) is 0 Å². The van der Waals surface area contributed by atoms with Gasteiger partial charge in [0, 0.05) is 11.6 Å². The maximum absolute atomic E-state index is 5.93. The molecule has 0 aliphatic heterocycles. The van der Waals surface area contributed by atoms with Gasteiger partial charge in [-0.1, -0.05) is 35.5 Å². The van der Waals surface area contributed by atoms with Gasteiger partial charge in [-0.05, 0) is 46.1 Å². The quantitative estimate of drug-likeness (QED) is 0.741. The molecule has 0 radical (unpaired) electrons. The predicted molar refractivity (Wildman–Crippen MR) is 89.6 cm³/mol. The molecule has 2 aromatic carbocycles. The van der Waals surface area contributed by atoms with E-state index in [1.807, 2.05) is 49.4 Å². The summed E-state index contributed by atoms with van der Waals surface area (Å²) in [6.07, 6.45) is 0. The number of anilines is 1. The zero-order chi connectivity index (χ0) is 15.5. The van der Waals surface area contributed by atoms with E-state index < -0.39 is 0 Å². The molecular formula is C17H15BrN2O2. The molecule has 0 unspecified atom stereocenters. The van der Waals surface area contributed by atoms with Gasteiger partial charge in [0.2, 0.25) is 5.88 Å². The maximum atomic E-state index is 5.93. The van der Waals surface area contributed by atoms with Crippen molar-refractivity contribution >= 4 is 21.8 Å². The summed E-state index contributed by atoms with van der Waals surface area (Å²) in [5.74, 6) is 1.12. The highest BCUT2D eigenvalue weighted by molar-refractivity contribution is 9.10. The largest absolute Gasteiger partial charge is 0.487 e. The molecule has 5 heteroatoms. The van der Waals surface area contributed by atoms with Crippen molar-refractivity contribution in [3.8, 4) is 17.0 Å². The van der Waals surface area contributed by atoms with E-state index in [-0.39, 0.29) is 0 Å². The summed E-state index contributed by atoms with van der Waals surface area (Å²) >= 11 is 3.56. The van der Waals surface area contributed by atoms with Gasteiger partial charge in [0.1, 0.15) is 18.1 Å². The van der Waals surface area contributed by atoms with Crippen LogP contribution in [0.15, 0.2) is 57.5 Å². The van der Waals surface area contributed by atoms with E-state index in [1.54, 1.807) is 6.07 Å². The lowest BCUT2D eigenvalue weighted by Crippen LogP contribution is -1.98. The lowest BCUT2D eigenvalue weighted by Gasteiger charge is -2.12. The second kappa shape index (κ2) is 6.23. The van der Waals surface area contributed by atoms with Crippen molar-refractivity contribution in [3.05, 3.63) is 64.1 Å². The summed E-state index contributed by atoms with van der Waals surface area (Å²) < 4.78 is 11.7. The van der Waals surface area contributed by atoms with E-state index in [9.17, 15) is 0 Å². The van der Waals surface area contributed by atoms with Crippen molar-refractivity contribution in [1.29, 1.82) is 0 Å². The minimum absolute atomic E-state index is 0.299. The van der Waals surface area contributed by atoms with Gasteiger partial charge in [-0.3, -0.25) is 0 Å². The Balaban J connectivity index is 1.84. The molecule has 0 saturated heterocycles. The third kappa shape index (κ3) is 3.14. The third-order valence-electron chi connectivity index (χ3n) is 3.28. The topological polar surface area (TPSA) is 61.3 Å². The molecule has 0 amide bonds. The Labute approximate surface area is 137 Å². The lowest BCUT2D eigenvalue weighted by atomic mass is 10.1. The molecule has 0 saturated carbocycles. The molecule has 0 aliphatic carbocycles. The number of ether oxygens (including phenoxy) is 1. The van der Waals surface area contributed by atoms with Crippen LogP contribution in [0, 0.1) is 6.92 Å². The highest BCUT2D eigenvalue weighted by Crippen LogP contribution is 2.34. The Hall–Kier alpha value is -2.27. The van der Waals surface area contributed by atoms with Gasteiger partial charge >= 0.3 is 0 Å². The Bertz CT molecular complexity index is 761. The number of benzene rings is 2. The van der Waals surface area contributed by atoms with E-state index in [4.69, 9.17) is 15.0 Å². The first kappa shape index (κ1) is 14.7. The lowest BCUT2D eigenvalue weighted by molar-refractivity contribution is 0.302. The highest BCUT2D eigenvalue weighted by Gasteiger charge is 2.12. The Morgan fingerprint density at radius 2 is 1.95 bits per heavy atom. The van der Waals surface area contributed by atoms with Crippen LogP contribution in [-0.2, 0) is 6.61 Å². The zero-order valence-corrected chi connectivity index (χ0v) is 13.6. The van der Waals surface area contributed by atoms with E-state index in [1.165, 1.54) is 0 Å². The molecule has 3 aromatic rings. The van der Waals surface area contributed by atoms with Crippen LogP contribution in [0.3, 0.4) is 0 Å². The summed E-state index contributed by atoms with van der Waals surface area (Å²) in [5, 5.41) is 3.93. The van der Waals surface area contributed by atoms with Crippen LogP contribution < -0.4 is 10.5 Å². The van der Waals surface area contributed by atoms with Gasteiger partial charge in [-0.15, -0.1) is 0 Å². The van der Waals surface area contributed by atoms with Gasteiger partial charge in [0.25, 0.3) is 0 Å². The molecule has 0 aliphatic rings. The third-order valence-corrected chi connectivity index (χ3v) is 3.87. The van der Waals surface area contributed by atoms with Crippen LogP contribution in [0.25, 0.3) is 11.3 Å². The van der Waals surface area contributed by atoms with Crippen molar-refractivity contribution in [2.24, 2.45) is 0 Å². The predicted octanol–water partition coefficient (Wildman–Crippen LogP) is 4.57. The smallest absolute Gasteiger partial charge is 0.222 e. The number of nitrogens with two attached hydrogens (primary N) is 1. The number of rotatable bonds is 4. The minimum Gasteiger partial charge on any atom is -0.487 e. The fourth-order valence-electron chi connectivity index (χ4n) is 2.22. The average molecular weight is 359 g/mol. The van der Waals surface area contributed by atoms with E-state index in [0.717, 1.165) is 26.9 Å². The molecule has 3 rings (SSSR count). The van der Waals surface area contributed by atoms with E-state index in [2.05, 4.69) is 21.1 Å². The van der Waals surface area contributed by atoms with Crippen molar-refractivity contribution in [1.82, 2.24) is 5.16 Å². The molecule has 0 fully saturated rings. The summed E-state index contributed by atoms with van der Waals surface area (Å²) in [6, 6.07) is 15.7. The molecule has 112 valence electrons. The first-order valence-electron chi connectivity index (χ1n) is 6.83. The number of nitrogen functional groups attached to an aromatic ring is 1. The van der Waals surface area contributed by atoms with Gasteiger partial charge in [-0.25, -0.2) is 0 Å². The summed E-state index contributed by atoms with van der Waals surface area (Å²) in [5.41, 5.74) is 9.34. The van der Waals surface area contributed by atoms with Gasteiger partial charge in [0.15, 0.2) is 0 Å². The van der Waals surface area contributed by atoms with Crippen LogP contribution in [0.1, 0.15) is 11.1 Å². The second-order valence-corrected chi connectivity index (χ2v) is 5.85. The average Bonchev–Trinajstić information content (AvgIpc) is 2.94. The van der Waals surface area contributed by atoms with Crippen LogP contribution in [0.5, 0.6) is 5.75 Å². The molecule has 0 atom stereocenters. The summed E-state index contributed by atoms with van der Waals surface area (Å²) in [6.45, 7) is 2.52. The standard InChI is InChI=1S/C17H15BrN2O2/c1-11-7-13(15-9-16(19)22-20-15)8-14(18)17(11)21-10-12-5-3-2-4-6-12/h2-9H,10,19H2,1H3. The molecule has 0 bridgehead atoms. The van der Waals surface area contributed by atoms with E-state index >= 15 is 0 Å². The number of aryl methyl sites for hydroxylation is 1. The Morgan fingerprint density at radius 1 is 1.18 bits per heavy atom. The van der Waals surface area contributed by atoms with E-state index in [0.29, 0.717) is 18.2 Å². The Kier molecular flexibility index (Phi) is 4.15. The SMILES string of the molecule is Cc1cc(-c2cc(N)on2)cc(Br)c1OCc1ccccc1. The fraction of sp³-hybridized carbons (Fsp3) is 0.118. The Morgan fingerprint density at radius 3 is 2.59 bits per heavy atom.